The molecule has 0 unspecified atom stereocenters. The summed E-state index contributed by atoms with van der Waals surface area (Å²) in [6, 6.07) is 0. The molecule has 0 aliphatic rings. The molecule has 0 bridgehead atoms. The molecular formula is C3H9BF4NO. The predicted molar refractivity (Wildman–Crippen MR) is 31.2 cm³/mol. The van der Waals surface area contributed by atoms with Crippen molar-refractivity contribution >= 4 is 7.25 Å². The molecule has 0 atom stereocenters. The van der Waals surface area contributed by atoms with Crippen LogP contribution in [-0.2, 0) is 4.37 Å². The molecule has 7 heteroatoms. The predicted octanol–water partition coefficient (Wildman–Crippen LogP) is 1.25. The van der Waals surface area contributed by atoms with Crippen LogP contribution in [0.25, 0.3) is 0 Å². The maximum atomic E-state index is 9.75. The highest BCUT2D eigenvalue weighted by molar-refractivity contribution is 6.50. The third kappa shape index (κ3) is 3980. The molecule has 0 aromatic rings. The van der Waals surface area contributed by atoms with Gasteiger partial charge in [-0.15, -0.1) is 0 Å². The van der Waals surface area contributed by atoms with Crippen molar-refractivity contribution in [1.82, 2.24) is 6.15 Å². The first-order chi connectivity index (χ1) is 3.73. The van der Waals surface area contributed by atoms with E-state index < -0.39 is 7.25 Å². The first kappa shape index (κ1) is 16.4. The maximum Gasteiger partial charge on any atom is 0.673 e. The zero-order valence-electron chi connectivity index (χ0n) is 5.94. The van der Waals surface area contributed by atoms with Crippen molar-refractivity contribution in [2.75, 3.05) is 21.3 Å². The molecule has 0 saturated heterocycles. The molecule has 0 fully saturated rings. The lowest BCUT2D eigenvalue weighted by molar-refractivity contribution is -0.00282. The number of nitrogens with zero attached hydrogens (tertiary/aromatic N) is 1. The van der Waals surface area contributed by atoms with Crippen molar-refractivity contribution < 1.29 is 21.6 Å². The van der Waals surface area contributed by atoms with Crippen LogP contribution in [0.1, 0.15) is 0 Å². The van der Waals surface area contributed by atoms with Crippen LogP contribution in [0.4, 0.5) is 17.3 Å². The highest BCUT2D eigenvalue weighted by Gasteiger charge is 2.20. The largest absolute Gasteiger partial charge is 0.673 e. The van der Waals surface area contributed by atoms with Gasteiger partial charge in [-0.3, -0.25) is 0 Å². The second-order valence-corrected chi connectivity index (χ2v) is 1.72. The van der Waals surface area contributed by atoms with E-state index in [-0.39, 0.29) is 6.15 Å². The Morgan fingerprint density at radius 3 is 0.900 bits per heavy atom. The Morgan fingerprint density at radius 1 is 0.900 bits per heavy atom. The summed E-state index contributed by atoms with van der Waals surface area (Å²) < 4.78 is 41.6. The molecule has 63 valence electrons. The van der Waals surface area contributed by atoms with E-state index in [0.717, 1.165) is 0 Å². The van der Waals surface area contributed by atoms with Crippen molar-refractivity contribution in [3.63, 3.8) is 0 Å². The quantitative estimate of drug-likeness (QED) is 0.291. The minimum Gasteiger partial charge on any atom is -0.429 e. The Morgan fingerprint density at radius 2 is 0.900 bits per heavy atom. The third-order valence-electron chi connectivity index (χ3n) is 0. The van der Waals surface area contributed by atoms with Gasteiger partial charge in [0, 0.05) is 6.15 Å². The van der Waals surface area contributed by atoms with Crippen molar-refractivity contribution in [1.29, 1.82) is 0 Å². The smallest absolute Gasteiger partial charge is 0.429 e. The van der Waals surface area contributed by atoms with Crippen molar-refractivity contribution in [3.05, 3.63) is 0 Å². The maximum absolute atomic E-state index is 9.75. The van der Waals surface area contributed by atoms with E-state index in [1.54, 1.807) is 0 Å². The zero-order valence-corrected chi connectivity index (χ0v) is 5.94. The number of halogens is 4. The fourth-order valence-electron chi connectivity index (χ4n) is 0. The Hall–Kier alpha value is -0.295. The van der Waals surface area contributed by atoms with E-state index >= 15 is 0 Å². The van der Waals surface area contributed by atoms with E-state index in [1.807, 2.05) is 21.3 Å². The second kappa shape index (κ2) is 6.82. The van der Waals surface area contributed by atoms with Gasteiger partial charge in [-0.25, -0.2) is 0 Å². The van der Waals surface area contributed by atoms with Crippen molar-refractivity contribution in [3.8, 4) is 0 Å². The lowest BCUT2D eigenvalue weighted by Gasteiger charge is -1.94. The van der Waals surface area contributed by atoms with Gasteiger partial charge >= 0.3 is 7.25 Å². The molecule has 0 rings (SSSR count). The SMILES string of the molecule is C[O+](C)C.F[B-](F)(F)F.[N]. The molecule has 0 heterocycles. The average Bonchev–Trinajstić information content (AvgIpc) is 1.19. The summed E-state index contributed by atoms with van der Waals surface area (Å²) in [5.41, 5.74) is 0. The van der Waals surface area contributed by atoms with Gasteiger partial charge in [0.15, 0.2) is 0 Å². The third-order valence-corrected chi connectivity index (χ3v) is 0. The topological polar surface area (TPSA) is 33.2 Å². The number of rotatable bonds is 0. The first-order valence-corrected chi connectivity index (χ1v) is 2.10. The molecule has 10 heavy (non-hydrogen) atoms. The summed E-state index contributed by atoms with van der Waals surface area (Å²) in [7, 11) is -0.250. The van der Waals surface area contributed by atoms with Crippen molar-refractivity contribution in [2.45, 2.75) is 0 Å². The summed E-state index contributed by atoms with van der Waals surface area (Å²) in [5, 5.41) is 0. The second-order valence-electron chi connectivity index (χ2n) is 1.72. The molecule has 0 aromatic heterocycles. The minimum atomic E-state index is -6.00. The lowest BCUT2D eigenvalue weighted by atomic mass is 10.3. The number of hydrogen-bond donors (Lipinski definition) is 0. The highest BCUT2D eigenvalue weighted by atomic mass is 19.5. The Labute approximate surface area is 57.6 Å². The average molecular weight is 162 g/mol. The molecule has 0 aliphatic heterocycles. The summed E-state index contributed by atoms with van der Waals surface area (Å²) in [6.07, 6.45) is 0. The fraction of sp³-hybridized carbons (Fsp3) is 1.00. The van der Waals surface area contributed by atoms with Gasteiger partial charge in [-0.2, -0.15) is 0 Å². The van der Waals surface area contributed by atoms with Gasteiger partial charge in [0.2, 0.25) is 0 Å². The molecule has 0 amide bonds. The van der Waals surface area contributed by atoms with Crippen molar-refractivity contribution in [2.24, 2.45) is 0 Å². The minimum absolute atomic E-state index is 0. The van der Waals surface area contributed by atoms with E-state index in [2.05, 4.69) is 4.37 Å². The monoisotopic (exact) mass is 162 g/mol. The molecule has 0 spiro atoms. The highest BCUT2D eigenvalue weighted by Crippen LogP contribution is 2.06. The van der Waals surface area contributed by atoms with Crippen LogP contribution in [0, 0.1) is 0 Å². The van der Waals surface area contributed by atoms with Gasteiger partial charge in [0.05, 0.1) is 0 Å². The van der Waals surface area contributed by atoms with Crippen LogP contribution >= 0.6 is 0 Å². The zero-order chi connectivity index (χ0) is 8.08. The molecule has 0 aliphatic carbocycles. The van der Waals surface area contributed by atoms with E-state index in [9.17, 15) is 17.3 Å². The van der Waals surface area contributed by atoms with E-state index in [0.29, 0.717) is 0 Å². The summed E-state index contributed by atoms with van der Waals surface area (Å²) in [4.78, 5) is 0. The lowest BCUT2D eigenvalue weighted by Crippen LogP contribution is -2.02. The molecule has 3 radical (unpaired) electrons. The van der Waals surface area contributed by atoms with Gasteiger partial charge in [0.1, 0.15) is 21.3 Å². The molecule has 2 nitrogen and oxygen atoms in total. The van der Waals surface area contributed by atoms with Gasteiger partial charge in [0.25, 0.3) is 0 Å². The van der Waals surface area contributed by atoms with Crippen LogP contribution in [0.3, 0.4) is 0 Å². The molecule has 0 N–H and O–H groups in total. The van der Waals surface area contributed by atoms with Crippen LogP contribution in [0.5, 0.6) is 0 Å². The standard InChI is InChI=1S/C3H9O.BF4.N/c1-4(2)3;2-1(3,4)5;/h1-3H3;;/q+1;-1;. The molecule has 0 saturated carbocycles. The summed E-state index contributed by atoms with van der Waals surface area (Å²) in [6.45, 7) is 0. The summed E-state index contributed by atoms with van der Waals surface area (Å²) in [5.74, 6) is 0. The van der Waals surface area contributed by atoms with Crippen LogP contribution in [0.2, 0.25) is 0 Å². The van der Waals surface area contributed by atoms with E-state index in [4.69, 9.17) is 0 Å². The van der Waals surface area contributed by atoms with Gasteiger partial charge in [-0.1, -0.05) is 0 Å². The normalized spacial score (nSPS) is 9.60. The van der Waals surface area contributed by atoms with Crippen LogP contribution < -0.4 is 6.15 Å². The Bertz CT molecular complexity index is 57.3. The van der Waals surface area contributed by atoms with Gasteiger partial charge in [-0.05, 0) is 0 Å². The van der Waals surface area contributed by atoms with Crippen LogP contribution in [0.15, 0.2) is 0 Å². The van der Waals surface area contributed by atoms with Gasteiger partial charge < -0.3 is 21.6 Å². The first-order valence-electron chi connectivity index (χ1n) is 2.10. The molecular weight excluding hydrogens is 153 g/mol. The Kier molecular flexibility index (Phi) is 11.2. The Balaban J connectivity index is -0.0000000910. The van der Waals surface area contributed by atoms with E-state index in [1.165, 1.54) is 0 Å². The van der Waals surface area contributed by atoms with Crippen LogP contribution in [-0.4, -0.2) is 28.6 Å². The fourth-order valence-corrected chi connectivity index (χ4v) is 0. The molecule has 0 aromatic carbocycles. The number of hydrogen-bond acceptors (Lipinski definition) is 0. The summed E-state index contributed by atoms with van der Waals surface area (Å²) >= 11 is 0.